The van der Waals surface area contributed by atoms with Crippen molar-refractivity contribution < 1.29 is 14.3 Å². The van der Waals surface area contributed by atoms with E-state index < -0.39 is 0 Å². The lowest BCUT2D eigenvalue weighted by molar-refractivity contribution is 0.0816. The van der Waals surface area contributed by atoms with Gasteiger partial charge >= 0.3 is 0 Å². The van der Waals surface area contributed by atoms with Crippen LogP contribution in [0.4, 0.5) is 22.9 Å². The Hall–Kier alpha value is -3.57. The minimum Gasteiger partial charge on any atom is -0.478 e. The fourth-order valence-electron chi connectivity index (χ4n) is 3.62. The Balaban J connectivity index is 1.68. The molecule has 0 spiro atoms. The second-order valence-electron chi connectivity index (χ2n) is 7.32. The van der Waals surface area contributed by atoms with Crippen LogP contribution in [-0.2, 0) is 11.3 Å². The maximum absolute atomic E-state index is 12.8. The van der Waals surface area contributed by atoms with Gasteiger partial charge in [-0.15, -0.1) is 5.53 Å². The molecule has 2 aliphatic heterocycles. The quantitative estimate of drug-likeness (QED) is 0.472. The number of hydrogen-bond donors (Lipinski definition) is 4. The second-order valence-corrected chi connectivity index (χ2v) is 7.32. The van der Waals surface area contributed by atoms with Crippen molar-refractivity contribution in [3.8, 4) is 5.88 Å². The summed E-state index contributed by atoms with van der Waals surface area (Å²) < 4.78 is 12.9. The number of benzene rings is 1. The van der Waals surface area contributed by atoms with E-state index in [0.717, 1.165) is 22.6 Å². The summed E-state index contributed by atoms with van der Waals surface area (Å²) in [7, 11) is 3.45. The van der Waals surface area contributed by atoms with Crippen molar-refractivity contribution in [2.24, 2.45) is 0 Å². The Kier molecular flexibility index (Phi) is 4.33. The molecule has 3 aromatic rings. The SMILES string of the molecule is COc1nc2cn3c(cnc13)C(=O)N[C@H](C)COCc1cc(c3c(c1)N(C)NN3)N2. The molecule has 0 radical (unpaired) electrons. The van der Waals surface area contributed by atoms with Crippen molar-refractivity contribution in [3.63, 3.8) is 0 Å². The Labute approximate surface area is 172 Å². The Bertz CT molecular complexity index is 1140. The molecule has 5 rings (SSSR count). The van der Waals surface area contributed by atoms with Crippen molar-refractivity contribution in [2.75, 3.05) is 36.5 Å². The largest absolute Gasteiger partial charge is 0.478 e. The highest BCUT2D eigenvalue weighted by Gasteiger charge is 2.23. The first-order valence-corrected chi connectivity index (χ1v) is 9.53. The maximum atomic E-state index is 12.8. The van der Waals surface area contributed by atoms with Crippen molar-refractivity contribution in [3.05, 3.63) is 35.8 Å². The highest BCUT2D eigenvalue weighted by Crippen LogP contribution is 2.38. The van der Waals surface area contributed by atoms with Crippen molar-refractivity contribution in [1.82, 2.24) is 25.2 Å². The molecule has 4 N–H and O–H groups in total. The number of anilines is 4. The number of methoxy groups -OCH3 is 1. The molecule has 2 aliphatic rings. The highest BCUT2D eigenvalue weighted by atomic mass is 16.5. The summed E-state index contributed by atoms with van der Waals surface area (Å²) >= 11 is 0. The summed E-state index contributed by atoms with van der Waals surface area (Å²) in [5, 5.41) is 8.17. The number of imidazole rings is 1. The Morgan fingerprint density at radius 2 is 2.20 bits per heavy atom. The summed E-state index contributed by atoms with van der Waals surface area (Å²) in [6, 6.07) is 3.88. The topological polar surface area (TPSA) is 117 Å². The first-order chi connectivity index (χ1) is 14.5. The minimum atomic E-state index is -0.248. The van der Waals surface area contributed by atoms with E-state index in [9.17, 15) is 4.79 Å². The van der Waals surface area contributed by atoms with E-state index >= 15 is 0 Å². The molecule has 0 aliphatic carbocycles. The van der Waals surface area contributed by atoms with Crippen molar-refractivity contribution in [1.29, 1.82) is 0 Å². The average molecular weight is 410 g/mol. The van der Waals surface area contributed by atoms with Crippen LogP contribution in [0.3, 0.4) is 0 Å². The van der Waals surface area contributed by atoms with Crippen LogP contribution < -0.4 is 31.3 Å². The van der Waals surface area contributed by atoms with Crippen LogP contribution >= 0.6 is 0 Å². The molecule has 0 saturated carbocycles. The van der Waals surface area contributed by atoms with Gasteiger partial charge in [-0.3, -0.25) is 19.6 Å². The number of amides is 1. The van der Waals surface area contributed by atoms with Gasteiger partial charge in [0.25, 0.3) is 11.8 Å². The van der Waals surface area contributed by atoms with Gasteiger partial charge in [0.2, 0.25) is 5.65 Å². The molecule has 4 heterocycles. The summed E-state index contributed by atoms with van der Waals surface area (Å²) in [4.78, 5) is 21.6. The predicted molar refractivity (Wildman–Crippen MR) is 111 cm³/mol. The van der Waals surface area contributed by atoms with E-state index in [0.29, 0.717) is 36.3 Å². The third-order valence-corrected chi connectivity index (χ3v) is 5.05. The van der Waals surface area contributed by atoms with Crippen LogP contribution in [-0.4, -0.2) is 47.1 Å². The summed E-state index contributed by atoms with van der Waals surface area (Å²) in [6.07, 6.45) is 3.24. The van der Waals surface area contributed by atoms with Crippen LogP contribution in [0, 0.1) is 0 Å². The lowest BCUT2D eigenvalue weighted by Crippen LogP contribution is -2.36. The third kappa shape index (κ3) is 3.04. The molecule has 2 aromatic heterocycles. The summed E-state index contributed by atoms with van der Waals surface area (Å²) in [5.74, 6) is 0.577. The van der Waals surface area contributed by atoms with Crippen LogP contribution in [0.15, 0.2) is 24.5 Å². The van der Waals surface area contributed by atoms with Crippen LogP contribution in [0.1, 0.15) is 23.0 Å². The molecule has 1 amide bonds. The molecule has 11 heteroatoms. The molecule has 1 atom stereocenters. The molecular weight excluding hydrogens is 388 g/mol. The number of carbonyl (C=O) groups is 1. The number of hydrazine groups is 2. The lowest BCUT2D eigenvalue weighted by Gasteiger charge is -2.18. The molecule has 0 unspecified atom stereocenters. The zero-order chi connectivity index (χ0) is 20.8. The zero-order valence-electron chi connectivity index (χ0n) is 16.8. The van der Waals surface area contributed by atoms with Gasteiger partial charge in [-0.25, -0.2) is 4.98 Å². The third-order valence-electron chi connectivity index (χ3n) is 5.05. The van der Waals surface area contributed by atoms with E-state index in [1.54, 1.807) is 10.6 Å². The number of aromatic nitrogens is 3. The van der Waals surface area contributed by atoms with Gasteiger partial charge in [0.1, 0.15) is 5.69 Å². The van der Waals surface area contributed by atoms with Crippen molar-refractivity contribution in [2.45, 2.75) is 19.6 Å². The summed E-state index contributed by atoms with van der Waals surface area (Å²) in [5.41, 5.74) is 10.7. The molecule has 156 valence electrons. The fourth-order valence-corrected chi connectivity index (χ4v) is 3.62. The fraction of sp³-hybridized carbons (Fsp3) is 0.316. The van der Waals surface area contributed by atoms with Crippen LogP contribution in [0.2, 0.25) is 0 Å². The smallest absolute Gasteiger partial charge is 0.270 e. The van der Waals surface area contributed by atoms with Crippen LogP contribution in [0.5, 0.6) is 5.88 Å². The van der Waals surface area contributed by atoms with Gasteiger partial charge in [-0.1, -0.05) is 0 Å². The molecule has 0 fully saturated rings. The van der Waals surface area contributed by atoms with Crippen molar-refractivity contribution >= 4 is 34.4 Å². The minimum absolute atomic E-state index is 0.174. The Morgan fingerprint density at radius 1 is 1.33 bits per heavy atom. The van der Waals surface area contributed by atoms with Gasteiger partial charge in [0, 0.05) is 13.1 Å². The summed E-state index contributed by atoms with van der Waals surface area (Å²) in [6.45, 7) is 2.69. The highest BCUT2D eigenvalue weighted by molar-refractivity contribution is 5.94. The van der Waals surface area contributed by atoms with E-state index in [2.05, 4.69) is 31.6 Å². The zero-order valence-corrected chi connectivity index (χ0v) is 16.8. The predicted octanol–water partition coefficient (Wildman–Crippen LogP) is 1.41. The molecule has 1 aromatic carbocycles. The van der Waals surface area contributed by atoms with Gasteiger partial charge in [0.15, 0.2) is 5.82 Å². The monoisotopic (exact) mass is 410 g/mol. The number of ether oxygens (including phenoxy) is 2. The number of nitrogens with one attached hydrogen (secondary N) is 4. The van der Waals surface area contributed by atoms with Gasteiger partial charge in [0.05, 0.1) is 49.8 Å². The number of hydrogen-bond acceptors (Lipinski definition) is 9. The van der Waals surface area contributed by atoms with E-state index in [4.69, 9.17) is 9.47 Å². The molecule has 0 saturated heterocycles. The molecule has 11 nitrogen and oxygen atoms in total. The number of rotatable bonds is 1. The van der Waals surface area contributed by atoms with E-state index in [1.807, 2.05) is 31.1 Å². The molecular formula is C19H22N8O3. The van der Waals surface area contributed by atoms with E-state index in [-0.39, 0.29) is 11.9 Å². The maximum Gasteiger partial charge on any atom is 0.270 e. The standard InChI is InChI=1S/C19H22N8O3/c1-10-8-30-9-11-4-12(16-13(5-11)26(2)25-24-16)22-15-7-27-14(18(28)21-10)6-20-17(27)19(23-15)29-3/h4-7,10,22,24-25H,8-9H2,1-3H3,(H,21,28)/t10-/m1/s1. The van der Waals surface area contributed by atoms with Gasteiger partial charge in [-0.2, -0.15) is 4.98 Å². The lowest BCUT2D eigenvalue weighted by atomic mass is 10.1. The molecule has 30 heavy (non-hydrogen) atoms. The Morgan fingerprint density at radius 3 is 3.03 bits per heavy atom. The number of fused-ring (bicyclic) bond motifs is 5. The van der Waals surface area contributed by atoms with Gasteiger partial charge in [-0.05, 0) is 24.6 Å². The van der Waals surface area contributed by atoms with Crippen LogP contribution in [0.25, 0.3) is 5.65 Å². The average Bonchev–Trinajstić information content (AvgIpc) is 3.31. The second kappa shape index (κ2) is 7.04. The first kappa shape index (κ1) is 18.5. The van der Waals surface area contributed by atoms with E-state index in [1.165, 1.54) is 13.3 Å². The normalized spacial score (nSPS) is 18.4. The number of carbonyl (C=O) groups excluding carboxylic acids is 1. The first-order valence-electron chi connectivity index (χ1n) is 9.53. The molecule has 4 bridgehead atoms. The van der Waals surface area contributed by atoms with Gasteiger partial charge < -0.3 is 20.1 Å². The number of nitrogens with zero attached hydrogens (tertiary/aromatic N) is 4.